The zero-order valence-corrected chi connectivity index (χ0v) is 7.70. The summed E-state index contributed by atoms with van der Waals surface area (Å²) in [6.07, 6.45) is 0. The van der Waals surface area contributed by atoms with Crippen molar-refractivity contribution in [2.75, 3.05) is 12.3 Å². The van der Waals surface area contributed by atoms with Gasteiger partial charge in [0, 0.05) is 22.3 Å². The first kappa shape index (κ1) is 9.05. The SMILES string of the molecule is Nc1cccc2[nH]c([C@@H](N)CO)cc12. The van der Waals surface area contributed by atoms with E-state index in [0.717, 1.165) is 22.3 Å². The van der Waals surface area contributed by atoms with Gasteiger partial charge in [0.25, 0.3) is 0 Å². The van der Waals surface area contributed by atoms with Gasteiger partial charge in [-0.3, -0.25) is 0 Å². The van der Waals surface area contributed by atoms with E-state index in [2.05, 4.69) is 4.98 Å². The average Bonchev–Trinajstić information content (AvgIpc) is 2.62. The quantitative estimate of drug-likeness (QED) is 0.528. The number of rotatable bonds is 2. The maximum Gasteiger partial charge on any atom is 0.0683 e. The highest BCUT2D eigenvalue weighted by Crippen LogP contribution is 2.23. The van der Waals surface area contributed by atoms with Gasteiger partial charge in [-0.1, -0.05) is 6.07 Å². The molecule has 0 fully saturated rings. The number of nitrogen functional groups attached to an aromatic ring is 1. The van der Waals surface area contributed by atoms with Crippen molar-refractivity contribution in [1.82, 2.24) is 4.98 Å². The third-order valence-electron chi connectivity index (χ3n) is 2.31. The number of hydrogen-bond acceptors (Lipinski definition) is 3. The van der Waals surface area contributed by atoms with Crippen molar-refractivity contribution in [1.29, 1.82) is 0 Å². The molecule has 0 aliphatic rings. The van der Waals surface area contributed by atoms with Crippen molar-refractivity contribution >= 4 is 16.6 Å². The smallest absolute Gasteiger partial charge is 0.0683 e. The summed E-state index contributed by atoms with van der Waals surface area (Å²) in [6, 6.07) is 7.15. The van der Waals surface area contributed by atoms with Gasteiger partial charge in [-0.05, 0) is 18.2 Å². The standard InChI is InChI=1S/C10H13N3O/c11-7-2-1-3-9-6(7)4-10(13-9)8(12)5-14/h1-4,8,13-14H,5,11-12H2/t8-/m0/s1. The molecule has 0 radical (unpaired) electrons. The predicted octanol–water partition coefficient (Wildman–Crippen LogP) is 0.742. The molecule has 1 aromatic heterocycles. The van der Waals surface area contributed by atoms with Crippen LogP contribution in [0.2, 0.25) is 0 Å². The van der Waals surface area contributed by atoms with Crippen LogP contribution in [0, 0.1) is 0 Å². The highest BCUT2D eigenvalue weighted by Gasteiger charge is 2.08. The molecule has 0 unspecified atom stereocenters. The predicted molar refractivity (Wildman–Crippen MR) is 56.7 cm³/mol. The Morgan fingerprint density at radius 1 is 1.43 bits per heavy atom. The number of fused-ring (bicyclic) bond motifs is 1. The second-order valence-electron chi connectivity index (χ2n) is 3.32. The van der Waals surface area contributed by atoms with Crippen LogP contribution in [0.3, 0.4) is 0 Å². The molecule has 0 spiro atoms. The van der Waals surface area contributed by atoms with Crippen molar-refractivity contribution in [3.05, 3.63) is 30.0 Å². The Labute approximate surface area is 81.5 Å². The third kappa shape index (κ3) is 1.34. The van der Waals surface area contributed by atoms with Crippen LogP contribution in [0.15, 0.2) is 24.3 Å². The minimum Gasteiger partial charge on any atom is -0.398 e. The molecule has 6 N–H and O–H groups in total. The first-order chi connectivity index (χ1) is 6.72. The van der Waals surface area contributed by atoms with E-state index < -0.39 is 0 Å². The van der Waals surface area contributed by atoms with E-state index in [1.54, 1.807) is 0 Å². The van der Waals surface area contributed by atoms with Gasteiger partial charge in [-0.25, -0.2) is 0 Å². The minimum atomic E-state index is -0.373. The van der Waals surface area contributed by atoms with E-state index in [-0.39, 0.29) is 12.6 Å². The molecule has 14 heavy (non-hydrogen) atoms. The van der Waals surface area contributed by atoms with Gasteiger partial charge in [0.15, 0.2) is 0 Å². The molecule has 2 aromatic rings. The van der Waals surface area contributed by atoms with Crippen LogP contribution in [0.25, 0.3) is 10.9 Å². The normalized spacial score (nSPS) is 13.3. The Morgan fingerprint density at radius 2 is 2.21 bits per heavy atom. The number of hydrogen-bond donors (Lipinski definition) is 4. The molecule has 0 saturated heterocycles. The fourth-order valence-corrected chi connectivity index (χ4v) is 1.50. The molecule has 1 aromatic carbocycles. The number of aromatic nitrogens is 1. The van der Waals surface area contributed by atoms with Crippen LogP contribution in [0.1, 0.15) is 11.7 Å². The molecular weight excluding hydrogens is 178 g/mol. The van der Waals surface area contributed by atoms with Gasteiger partial charge in [0.1, 0.15) is 0 Å². The van der Waals surface area contributed by atoms with E-state index in [1.807, 2.05) is 24.3 Å². The van der Waals surface area contributed by atoms with Crippen molar-refractivity contribution in [3.8, 4) is 0 Å². The van der Waals surface area contributed by atoms with Crippen LogP contribution < -0.4 is 11.5 Å². The van der Waals surface area contributed by atoms with Gasteiger partial charge in [0.05, 0.1) is 12.6 Å². The molecule has 4 heteroatoms. The molecule has 0 aliphatic carbocycles. The summed E-state index contributed by atoms with van der Waals surface area (Å²) in [5.74, 6) is 0. The Morgan fingerprint density at radius 3 is 2.86 bits per heavy atom. The maximum absolute atomic E-state index is 8.91. The zero-order valence-electron chi connectivity index (χ0n) is 7.70. The molecule has 2 rings (SSSR count). The number of aliphatic hydroxyl groups is 1. The van der Waals surface area contributed by atoms with Gasteiger partial charge in [0.2, 0.25) is 0 Å². The van der Waals surface area contributed by atoms with Crippen LogP contribution in [-0.2, 0) is 0 Å². The number of nitrogens with one attached hydrogen (secondary N) is 1. The first-order valence-corrected chi connectivity index (χ1v) is 4.46. The summed E-state index contributed by atoms with van der Waals surface area (Å²) in [5, 5.41) is 9.86. The van der Waals surface area contributed by atoms with Crippen molar-refractivity contribution in [2.45, 2.75) is 6.04 Å². The molecule has 0 amide bonds. The van der Waals surface area contributed by atoms with Crippen LogP contribution in [0.4, 0.5) is 5.69 Å². The lowest BCUT2D eigenvalue weighted by molar-refractivity contribution is 0.266. The second kappa shape index (κ2) is 3.32. The van der Waals surface area contributed by atoms with Crippen LogP contribution in [0.5, 0.6) is 0 Å². The summed E-state index contributed by atoms with van der Waals surface area (Å²) < 4.78 is 0. The maximum atomic E-state index is 8.91. The lowest BCUT2D eigenvalue weighted by atomic mass is 10.2. The van der Waals surface area contributed by atoms with Gasteiger partial charge < -0.3 is 21.6 Å². The molecule has 0 saturated carbocycles. The highest BCUT2D eigenvalue weighted by atomic mass is 16.3. The molecule has 1 heterocycles. The van der Waals surface area contributed by atoms with E-state index in [4.69, 9.17) is 16.6 Å². The first-order valence-electron chi connectivity index (χ1n) is 4.46. The Balaban J connectivity index is 2.56. The molecule has 4 nitrogen and oxygen atoms in total. The molecule has 74 valence electrons. The number of benzene rings is 1. The fourth-order valence-electron chi connectivity index (χ4n) is 1.50. The topological polar surface area (TPSA) is 88.1 Å². The van der Waals surface area contributed by atoms with Crippen molar-refractivity contribution in [2.24, 2.45) is 5.73 Å². The second-order valence-corrected chi connectivity index (χ2v) is 3.32. The van der Waals surface area contributed by atoms with Crippen molar-refractivity contribution in [3.63, 3.8) is 0 Å². The van der Waals surface area contributed by atoms with Gasteiger partial charge in [-0.2, -0.15) is 0 Å². The monoisotopic (exact) mass is 191 g/mol. The number of aromatic amines is 1. The summed E-state index contributed by atoms with van der Waals surface area (Å²) in [6.45, 7) is -0.0767. The number of nitrogens with two attached hydrogens (primary N) is 2. The Kier molecular flexibility index (Phi) is 2.15. The van der Waals surface area contributed by atoms with Crippen LogP contribution in [-0.4, -0.2) is 16.7 Å². The van der Waals surface area contributed by atoms with E-state index in [0.29, 0.717) is 0 Å². The van der Waals surface area contributed by atoms with E-state index in [1.165, 1.54) is 0 Å². The largest absolute Gasteiger partial charge is 0.398 e. The zero-order chi connectivity index (χ0) is 10.1. The third-order valence-corrected chi connectivity index (χ3v) is 2.31. The lowest BCUT2D eigenvalue weighted by Crippen LogP contribution is -2.14. The fraction of sp³-hybridized carbons (Fsp3) is 0.200. The summed E-state index contributed by atoms with van der Waals surface area (Å²) in [5.41, 5.74) is 13.9. The molecular formula is C10H13N3O. The van der Waals surface area contributed by atoms with Crippen molar-refractivity contribution < 1.29 is 5.11 Å². The van der Waals surface area contributed by atoms with E-state index >= 15 is 0 Å². The summed E-state index contributed by atoms with van der Waals surface area (Å²) in [4.78, 5) is 3.12. The molecule has 0 bridgehead atoms. The molecule has 0 aliphatic heterocycles. The van der Waals surface area contributed by atoms with Gasteiger partial charge >= 0.3 is 0 Å². The minimum absolute atomic E-state index is 0.0767. The average molecular weight is 191 g/mol. The number of aliphatic hydroxyl groups excluding tert-OH is 1. The summed E-state index contributed by atoms with van der Waals surface area (Å²) in [7, 11) is 0. The van der Waals surface area contributed by atoms with Gasteiger partial charge in [-0.15, -0.1) is 0 Å². The number of H-pyrrole nitrogens is 1. The van der Waals surface area contributed by atoms with Crippen LogP contribution >= 0.6 is 0 Å². The Bertz CT molecular complexity index is 450. The highest BCUT2D eigenvalue weighted by molar-refractivity contribution is 5.91. The lowest BCUT2D eigenvalue weighted by Gasteiger charge is -2.03. The summed E-state index contributed by atoms with van der Waals surface area (Å²) >= 11 is 0. The number of anilines is 1. The molecule has 1 atom stereocenters. The Hall–Kier alpha value is -1.52. The van der Waals surface area contributed by atoms with E-state index in [9.17, 15) is 0 Å².